The van der Waals surface area contributed by atoms with Crippen LogP contribution in [0.5, 0.6) is 0 Å². The first-order valence-corrected chi connectivity index (χ1v) is 4.88. The van der Waals surface area contributed by atoms with Crippen molar-refractivity contribution in [1.82, 2.24) is 30.4 Å². The number of hydrogen-bond donors (Lipinski definition) is 1. The molecule has 1 saturated heterocycles. The van der Waals surface area contributed by atoms with Gasteiger partial charge in [-0.2, -0.15) is 4.80 Å². The van der Waals surface area contributed by atoms with Gasteiger partial charge in [0.05, 0.1) is 19.6 Å². The van der Waals surface area contributed by atoms with Crippen LogP contribution in [0.3, 0.4) is 0 Å². The van der Waals surface area contributed by atoms with Crippen LogP contribution in [-0.2, 0) is 18.4 Å². The average molecular weight is 210 g/mol. The molecule has 1 aromatic heterocycles. The Morgan fingerprint density at radius 2 is 2.33 bits per heavy atom. The van der Waals surface area contributed by atoms with Crippen LogP contribution in [0, 0.1) is 0 Å². The topological polar surface area (TPSA) is 75.9 Å². The van der Waals surface area contributed by atoms with Gasteiger partial charge in [-0.25, -0.2) is 0 Å². The second kappa shape index (κ2) is 3.93. The number of carbonyl (C=O) groups is 1. The van der Waals surface area contributed by atoms with E-state index < -0.39 is 0 Å². The Balaban J connectivity index is 1.86. The molecule has 1 N–H and O–H groups in total. The van der Waals surface area contributed by atoms with Crippen LogP contribution in [0.1, 0.15) is 12.2 Å². The molecule has 82 valence electrons. The fourth-order valence-electron chi connectivity index (χ4n) is 1.62. The molecule has 7 nitrogen and oxygen atoms in total. The van der Waals surface area contributed by atoms with E-state index in [1.54, 1.807) is 11.9 Å². The number of nitrogens with zero attached hydrogens (tertiary/aromatic N) is 5. The minimum atomic E-state index is -0.0983. The zero-order chi connectivity index (χ0) is 10.8. The molecule has 0 aromatic carbocycles. The van der Waals surface area contributed by atoms with Gasteiger partial charge >= 0.3 is 0 Å². The van der Waals surface area contributed by atoms with E-state index in [0.29, 0.717) is 12.4 Å². The summed E-state index contributed by atoms with van der Waals surface area (Å²) in [5.41, 5.74) is 0. The van der Waals surface area contributed by atoms with Crippen molar-refractivity contribution in [3.05, 3.63) is 5.82 Å². The minimum absolute atomic E-state index is 0.0983. The van der Waals surface area contributed by atoms with Gasteiger partial charge in [0.15, 0.2) is 5.82 Å². The van der Waals surface area contributed by atoms with E-state index in [1.807, 2.05) is 7.05 Å². The Labute approximate surface area is 87.4 Å². The summed E-state index contributed by atoms with van der Waals surface area (Å²) in [5, 5.41) is 14.7. The molecule has 2 rings (SSSR count). The monoisotopic (exact) mass is 210 g/mol. The molecule has 1 aliphatic heterocycles. The van der Waals surface area contributed by atoms with Crippen LogP contribution in [0.25, 0.3) is 0 Å². The predicted octanol–water partition coefficient (Wildman–Crippen LogP) is -1.47. The molecule has 1 aromatic rings. The molecule has 2 heterocycles. The predicted molar refractivity (Wildman–Crippen MR) is 51.7 cm³/mol. The van der Waals surface area contributed by atoms with Crippen molar-refractivity contribution in [3.8, 4) is 0 Å². The molecule has 1 amide bonds. The third-order valence-corrected chi connectivity index (χ3v) is 2.48. The summed E-state index contributed by atoms with van der Waals surface area (Å²) in [6, 6.07) is -0.0983. The van der Waals surface area contributed by atoms with Gasteiger partial charge < -0.3 is 4.90 Å². The SMILES string of the molecule is CN1CCC(NCc2nnn(C)n2)C1=O. The van der Waals surface area contributed by atoms with Gasteiger partial charge in [0, 0.05) is 13.6 Å². The van der Waals surface area contributed by atoms with Gasteiger partial charge in [0.1, 0.15) is 0 Å². The van der Waals surface area contributed by atoms with Crippen molar-refractivity contribution in [2.24, 2.45) is 7.05 Å². The van der Waals surface area contributed by atoms with E-state index in [2.05, 4.69) is 20.7 Å². The highest BCUT2D eigenvalue weighted by Crippen LogP contribution is 2.08. The molecule has 1 unspecified atom stereocenters. The Kier molecular flexibility index (Phi) is 2.63. The fraction of sp³-hybridized carbons (Fsp3) is 0.750. The van der Waals surface area contributed by atoms with E-state index in [9.17, 15) is 4.79 Å². The van der Waals surface area contributed by atoms with Gasteiger partial charge in [0.2, 0.25) is 5.91 Å². The normalized spacial score (nSPS) is 21.3. The number of hydrogen-bond acceptors (Lipinski definition) is 5. The third-order valence-electron chi connectivity index (χ3n) is 2.48. The number of tetrazole rings is 1. The van der Waals surface area contributed by atoms with Crippen molar-refractivity contribution >= 4 is 5.91 Å². The molecular formula is C8H14N6O. The molecule has 1 atom stereocenters. The maximum absolute atomic E-state index is 11.5. The number of carbonyl (C=O) groups excluding carboxylic acids is 1. The molecule has 0 radical (unpaired) electrons. The minimum Gasteiger partial charge on any atom is -0.344 e. The van der Waals surface area contributed by atoms with Crippen LogP contribution in [0.2, 0.25) is 0 Å². The van der Waals surface area contributed by atoms with E-state index >= 15 is 0 Å². The summed E-state index contributed by atoms with van der Waals surface area (Å²) in [5.74, 6) is 0.749. The second-order valence-corrected chi connectivity index (χ2v) is 3.68. The third kappa shape index (κ3) is 2.12. The van der Waals surface area contributed by atoms with Crippen LogP contribution >= 0.6 is 0 Å². The summed E-state index contributed by atoms with van der Waals surface area (Å²) < 4.78 is 0. The van der Waals surface area contributed by atoms with E-state index in [-0.39, 0.29) is 11.9 Å². The van der Waals surface area contributed by atoms with E-state index in [4.69, 9.17) is 0 Å². The fourth-order valence-corrected chi connectivity index (χ4v) is 1.62. The standard InChI is InChI=1S/C8H14N6O/c1-13-4-3-6(8(13)15)9-5-7-10-12-14(2)11-7/h6,9H,3-5H2,1-2H3. The van der Waals surface area contributed by atoms with Crippen LogP contribution in [0.4, 0.5) is 0 Å². The van der Waals surface area contributed by atoms with Gasteiger partial charge in [-0.1, -0.05) is 0 Å². The Morgan fingerprint density at radius 1 is 1.53 bits per heavy atom. The van der Waals surface area contributed by atoms with Crippen molar-refractivity contribution in [1.29, 1.82) is 0 Å². The molecule has 1 fully saturated rings. The van der Waals surface area contributed by atoms with Crippen molar-refractivity contribution in [3.63, 3.8) is 0 Å². The molecule has 0 spiro atoms. The van der Waals surface area contributed by atoms with E-state index in [1.165, 1.54) is 4.80 Å². The number of amides is 1. The maximum Gasteiger partial charge on any atom is 0.239 e. The summed E-state index contributed by atoms with van der Waals surface area (Å²) in [6.45, 7) is 1.29. The van der Waals surface area contributed by atoms with Crippen LogP contribution < -0.4 is 5.32 Å². The molecule has 0 aliphatic carbocycles. The van der Waals surface area contributed by atoms with Crippen molar-refractivity contribution in [2.75, 3.05) is 13.6 Å². The van der Waals surface area contributed by atoms with Crippen LogP contribution in [0.15, 0.2) is 0 Å². The highest BCUT2D eigenvalue weighted by Gasteiger charge is 2.28. The number of nitrogens with one attached hydrogen (secondary N) is 1. The molecular weight excluding hydrogens is 196 g/mol. The summed E-state index contributed by atoms with van der Waals surface area (Å²) >= 11 is 0. The molecule has 7 heteroatoms. The van der Waals surface area contributed by atoms with E-state index in [0.717, 1.165) is 13.0 Å². The first kappa shape index (κ1) is 10.0. The van der Waals surface area contributed by atoms with Gasteiger partial charge in [0.25, 0.3) is 0 Å². The molecule has 0 bridgehead atoms. The maximum atomic E-state index is 11.5. The smallest absolute Gasteiger partial charge is 0.239 e. The lowest BCUT2D eigenvalue weighted by atomic mass is 10.2. The first-order valence-electron chi connectivity index (χ1n) is 4.88. The lowest BCUT2D eigenvalue weighted by molar-refractivity contribution is -0.128. The lowest BCUT2D eigenvalue weighted by Crippen LogP contribution is -2.36. The zero-order valence-corrected chi connectivity index (χ0v) is 8.84. The van der Waals surface area contributed by atoms with Gasteiger partial charge in [-0.15, -0.1) is 10.2 Å². The van der Waals surface area contributed by atoms with Crippen molar-refractivity contribution < 1.29 is 4.79 Å². The quantitative estimate of drug-likeness (QED) is 0.659. The summed E-state index contributed by atoms with van der Waals surface area (Å²) in [4.78, 5) is 14.7. The molecule has 1 aliphatic rings. The molecule has 0 saturated carbocycles. The van der Waals surface area contributed by atoms with Crippen molar-refractivity contribution in [2.45, 2.75) is 19.0 Å². The lowest BCUT2D eigenvalue weighted by Gasteiger charge is -2.10. The number of likely N-dealkylation sites (tertiary alicyclic amines) is 1. The zero-order valence-electron chi connectivity index (χ0n) is 8.84. The highest BCUT2D eigenvalue weighted by molar-refractivity contribution is 5.83. The average Bonchev–Trinajstić information content (AvgIpc) is 2.74. The number of aromatic nitrogens is 4. The Hall–Kier alpha value is -1.50. The highest BCUT2D eigenvalue weighted by atomic mass is 16.2. The Morgan fingerprint density at radius 3 is 2.87 bits per heavy atom. The number of aryl methyl sites for hydroxylation is 1. The van der Waals surface area contributed by atoms with Gasteiger partial charge in [-0.05, 0) is 11.6 Å². The summed E-state index contributed by atoms with van der Waals surface area (Å²) in [7, 11) is 3.52. The second-order valence-electron chi connectivity index (χ2n) is 3.68. The van der Waals surface area contributed by atoms with Gasteiger partial charge in [-0.3, -0.25) is 10.1 Å². The first-order chi connectivity index (χ1) is 7.16. The number of rotatable bonds is 3. The summed E-state index contributed by atoms with van der Waals surface area (Å²) in [6.07, 6.45) is 0.843. The Bertz CT molecular complexity index is 362. The number of likely N-dealkylation sites (N-methyl/N-ethyl adjacent to an activating group) is 1. The molecule has 15 heavy (non-hydrogen) atoms. The largest absolute Gasteiger partial charge is 0.344 e. The van der Waals surface area contributed by atoms with Crippen LogP contribution in [-0.4, -0.2) is 50.6 Å².